The maximum atomic E-state index is 13.4. The lowest BCUT2D eigenvalue weighted by Crippen LogP contribution is -2.73. The molecule has 1 aliphatic rings. The summed E-state index contributed by atoms with van der Waals surface area (Å²) in [6.07, 6.45) is 0. The first-order valence-corrected chi connectivity index (χ1v) is 21.1. The minimum atomic E-state index is -2.09. The molecule has 0 radical (unpaired) electrons. The maximum Gasteiger partial charge on any atom is 0.352 e. The van der Waals surface area contributed by atoms with Gasteiger partial charge in [0, 0.05) is 20.0 Å². The van der Waals surface area contributed by atoms with Gasteiger partial charge in [0.25, 0.3) is 5.91 Å². The second kappa shape index (κ2) is 12.7. The Morgan fingerprint density at radius 2 is 1.80 bits per heavy atom. The first kappa shape index (κ1) is 33.9. The monoisotopic (exact) mass is 631 g/mol. The topological polar surface area (TPSA) is 139 Å². The van der Waals surface area contributed by atoms with Crippen LogP contribution in [0.4, 0.5) is 5.13 Å². The van der Waals surface area contributed by atoms with Gasteiger partial charge < -0.3 is 24.8 Å². The van der Waals surface area contributed by atoms with E-state index in [2.05, 4.69) is 74.3 Å². The van der Waals surface area contributed by atoms with Gasteiger partial charge in [-0.1, -0.05) is 58.7 Å². The SMILES string of the molecule is CC(C)(ON=C(C(=O)NC1CN([Si](C)(C)C(C)(C)C)C1=O)c1csc(NC(=O)CCl)n1)C(=O)OCC[Si](C)(C)C. The van der Waals surface area contributed by atoms with Gasteiger partial charge in [0.1, 0.15) is 17.6 Å². The predicted molar refractivity (Wildman–Crippen MR) is 163 cm³/mol. The Labute approximate surface area is 247 Å². The smallest absolute Gasteiger partial charge is 0.352 e. The highest BCUT2D eigenvalue weighted by atomic mass is 35.5. The number of aromatic nitrogens is 1. The molecule has 40 heavy (non-hydrogen) atoms. The van der Waals surface area contributed by atoms with Crippen molar-refractivity contribution in [3.63, 3.8) is 0 Å². The zero-order chi connectivity index (χ0) is 30.7. The summed E-state index contributed by atoms with van der Waals surface area (Å²) in [5.74, 6) is -2.20. The van der Waals surface area contributed by atoms with Crippen molar-refractivity contribution in [3.05, 3.63) is 11.1 Å². The summed E-state index contributed by atoms with van der Waals surface area (Å²) in [6, 6.07) is 0.0725. The molecule has 0 aromatic carbocycles. The number of β-lactam (4-membered cyclic amide) rings is 1. The Hall–Kier alpha value is -2.30. The van der Waals surface area contributed by atoms with E-state index in [1.54, 1.807) is 0 Å². The largest absolute Gasteiger partial charge is 0.463 e. The highest BCUT2D eigenvalue weighted by Crippen LogP contribution is 2.40. The molecule has 0 aliphatic carbocycles. The number of rotatable bonds is 12. The van der Waals surface area contributed by atoms with Crippen LogP contribution in [-0.4, -0.2) is 85.9 Å². The highest BCUT2D eigenvalue weighted by Gasteiger charge is 2.51. The lowest BCUT2D eigenvalue weighted by molar-refractivity contribution is -0.167. The summed E-state index contributed by atoms with van der Waals surface area (Å²) in [7, 11) is -3.50. The highest BCUT2D eigenvalue weighted by molar-refractivity contribution is 7.14. The molecule has 0 saturated carbocycles. The number of carbonyl (C=O) groups is 4. The van der Waals surface area contributed by atoms with Crippen molar-refractivity contribution in [2.75, 3.05) is 24.3 Å². The van der Waals surface area contributed by atoms with Crippen molar-refractivity contribution < 1.29 is 28.8 Å². The van der Waals surface area contributed by atoms with E-state index in [4.69, 9.17) is 21.2 Å². The Morgan fingerprint density at radius 3 is 2.33 bits per heavy atom. The number of amides is 3. The van der Waals surface area contributed by atoms with Crippen LogP contribution in [0.1, 0.15) is 40.3 Å². The molecule has 0 spiro atoms. The van der Waals surface area contributed by atoms with E-state index in [1.165, 1.54) is 19.2 Å². The van der Waals surface area contributed by atoms with Crippen LogP contribution in [0, 0.1) is 0 Å². The Balaban J connectivity index is 2.24. The zero-order valence-corrected chi connectivity index (χ0v) is 28.6. The summed E-state index contributed by atoms with van der Waals surface area (Å²) in [4.78, 5) is 60.6. The Bertz CT molecular complexity index is 1160. The molecular weight excluding hydrogens is 590 g/mol. The fourth-order valence-corrected chi connectivity index (χ4v) is 6.93. The van der Waals surface area contributed by atoms with Crippen molar-refractivity contribution >= 4 is 73.8 Å². The van der Waals surface area contributed by atoms with E-state index in [0.29, 0.717) is 6.54 Å². The number of thiazole rings is 1. The number of nitrogens with one attached hydrogen (secondary N) is 2. The van der Waals surface area contributed by atoms with E-state index in [9.17, 15) is 19.2 Å². The normalized spacial score (nSPS) is 16.8. The third-order valence-corrected chi connectivity index (χ3v) is 15.1. The molecule has 11 nitrogen and oxygen atoms in total. The lowest BCUT2D eigenvalue weighted by atomic mass is 10.1. The first-order chi connectivity index (χ1) is 18.2. The zero-order valence-electron chi connectivity index (χ0n) is 25.1. The number of hydrogen-bond acceptors (Lipinski definition) is 9. The number of hydrogen-bond donors (Lipinski definition) is 2. The number of alkyl halides is 1. The van der Waals surface area contributed by atoms with Crippen LogP contribution in [0.3, 0.4) is 0 Å². The predicted octanol–water partition coefficient (Wildman–Crippen LogP) is 4.03. The summed E-state index contributed by atoms with van der Waals surface area (Å²) >= 11 is 6.62. The molecule has 1 atom stereocenters. The van der Waals surface area contributed by atoms with Gasteiger partial charge in [0.05, 0.1) is 6.61 Å². The van der Waals surface area contributed by atoms with Gasteiger partial charge in [0.15, 0.2) is 19.1 Å². The molecule has 1 aromatic rings. The van der Waals surface area contributed by atoms with Gasteiger partial charge in [-0.3, -0.25) is 14.4 Å². The lowest BCUT2D eigenvalue weighted by Gasteiger charge is -2.53. The number of oxime groups is 1. The molecule has 15 heteroatoms. The number of halogens is 1. The van der Waals surface area contributed by atoms with Crippen LogP contribution < -0.4 is 10.6 Å². The molecule has 1 aromatic heterocycles. The molecule has 2 rings (SSSR count). The quantitative estimate of drug-likeness (QED) is 0.0886. The number of carbonyl (C=O) groups excluding carboxylic acids is 4. The van der Waals surface area contributed by atoms with Gasteiger partial charge >= 0.3 is 5.97 Å². The van der Waals surface area contributed by atoms with Crippen LogP contribution in [0.15, 0.2) is 10.5 Å². The third kappa shape index (κ3) is 8.60. The summed E-state index contributed by atoms with van der Waals surface area (Å²) in [5.41, 5.74) is -1.64. The number of nitrogens with zero attached hydrogens (tertiary/aromatic N) is 3. The number of ether oxygens (including phenoxy) is 1. The molecule has 2 N–H and O–H groups in total. The molecule has 224 valence electrons. The molecule has 1 aliphatic heterocycles. The van der Waals surface area contributed by atoms with E-state index in [1.807, 2.05) is 4.57 Å². The van der Waals surface area contributed by atoms with E-state index in [-0.39, 0.29) is 40.0 Å². The van der Waals surface area contributed by atoms with Crippen LogP contribution in [0.2, 0.25) is 43.8 Å². The number of anilines is 1. The second-order valence-electron chi connectivity index (χ2n) is 13.0. The summed E-state index contributed by atoms with van der Waals surface area (Å²) < 4.78 is 7.27. The Morgan fingerprint density at radius 1 is 1.18 bits per heavy atom. The van der Waals surface area contributed by atoms with E-state index >= 15 is 0 Å². The van der Waals surface area contributed by atoms with E-state index in [0.717, 1.165) is 17.4 Å². The standard InChI is InChI=1S/C25H42ClN5O6SSi2/c1-24(2,3)40(9,10)31-14-16(21(31)34)27-20(33)19(17-15-38-23(28-17)29-18(32)13-26)30-37-25(4,5)22(35)36-11-12-39(6,7)8/h15-16H,11-14H2,1-10H3,(H,27,33)(H,28,29,32). The molecule has 3 amide bonds. The van der Waals surface area contributed by atoms with Crippen LogP contribution in [-0.2, 0) is 28.8 Å². The van der Waals surface area contributed by atoms with Gasteiger partial charge in [0.2, 0.25) is 17.4 Å². The third-order valence-electron chi connectivity index (χ3n) is 7.02. The van der Waals surface area contributed by atoms with Crippen molar-refractivity contribution in [2.45, 2.75) is 90.1 Å². The van der Waals surface area contributed by atoms with Crippen LogP contribution in [0.25, 0.3) is 0 Å². The summed E-state index contributed by atoms with van der Waals surface area (Å²) in [5, 5.41) is 10.9. The maximum absolute atomic E-state index is 13.4. The van der Waals surface area contributed by atoms with Gasteiger partial charge in [-0.05, 0) is 24.9 Å². The Kier molecular flexibility index (Phi) is 10.8. The van der Waals surface area contributed by atoms with Crippen LogP contribution >= 0.6 is 22.9 Å². The summed E-state index contributed by atoms with van der Waals surface area (Å²) in [6.45, 7) is 20.7. The van der Waals surface area contributed by atoms with Gasteiger partial charge in [-0.2, -0.15) is 0 Å². The van der Waals surface area contributed by atoms with Crippen molar-refractivity contribution in [3.8, 4) is 0 Å². The molecule has 0 bridgehead atoms. The van der Waals surface area contributed by atoms with Gasteiger partial charge in [-0.15, -0.1) is 22.9 Å². The minimum Gasteiger partial charge on any atom is -0.463 e. The average Bonchev–Trinajstić information content (AvgIpc) is 3.27. The van der Waals surface area contributed by atoms with Crippen molar-refractivity contribution in [2.24, 2.45) is 5.16 Å². The number of esters is 1. The average molecular weight is 632 g/mol. The van der Waals surface area contributed by atoms with E-state index < -0.39 is 45.7 Å². The van der Waals surface area contributed by atoms with Crippen molar-refractivity contribution in [1.29, 1.82) is 0 Å². The van der Waals surface area contributed by atoms with Crippen LogP contribution in [0.5, 0.6) is 0 Å². The molecule has 2 heterocycles. The van der Waals surface area contributed by atoms with Crippen molar-refractivity contribution in [1.82, 2.24) is 14.9 Å². The first-order valence-electron chi connectivity index (χ1n) is 13.1. The fraction of sp³-hybridized carbons (Fsp3) is 0.680. The molecule has 1 unspecified atom stereocenters. The molecule has 1 fully saturated rings. The molecular formula is C25H42ClN5O6SSi2. The minimum absolute atomic E-state index is 0.0438. The van der Waals surface area contributed by atoms with Gasteiger partial charge in [-0.25, -0.2) is 9.78 Å². The fourth-order valence-electron chi connectivity index (χ4n) is 3.29. The second-order valence-corrected chi connectivity index (χ2v) is 24.9. The molecule has 1 saturated heterocycles.